The molecule has 4 nitrogen and oxygen atoms in total. The quantitative estimate of drug-likeness (QED) is 0.556. The van der Waals surface area contributed by atoms with Crippen molar-refractivity contribution in [2.75, 3.05) is 7.11 Å². The molecule has 0 atom stereocenters. The van der Waals surface area contributed by atoms with Gasteiger partial charge in [-0.3, -0.25) is 0 Å². The smallest absolute Gasteiger partial charge is 0.231 e. The lowest BCUT2D eigenvalue weighted by Gasteiger charge is -2.03. The zero-order chi connectivity index (χ0) is 16.4. The number of nitrogens with zero attached hydrogens (tertiary/aromatic N) is 2. The Hall–Kier alpha value is -3.14. The van der Waals surface area contributed by atoms with E-state index < -0.39 is 0 Å². The van der Waals surface area contributed by atoms with E-state index in [1.165, 1.54) is 16.3 Å². The Bertz CT molecular complexity index is 986. The molecule has 0 unspecified atom stereocenters. The lowest BCUT2D eigenvalue weighted by Crippen LogP contribution is -1.90. The first kappa shape index (κ1) is 14.5. The molecule has 1 heterocycles. The van der Waals surface area contributed by atoms with Crippen LogP contribution in [0.15, 0.2) is 71.3 Å². The summed E-state index contributed by atoms with van der Waals surface area (Å²) in [5.74, 6) is 1.95. The Morgan fingerprint density at radius 3 is 2.71 bits per heavy atom. The van der Waals surface area contributed by atoms with Crippen molar-refractivity contribution >= 4 is 10.8 Å². The molecule has 0 bridgehead atoms. The number of hydrogen-bond acceptors (Lipinski definition) is 4. The summed E-state index contributed by atoms with van der Waals surface area (Å²) in [6.45, 7) is 0. The first-order chi connectivity index (χ1) is 11.8. The maximum Gasteiger partial charge on any atom is 0.231 e. The number of hydrogen-bond donors (Lipinski definition) is 0. The highest BCUT2D eigenvalue weighted by atomic mass is 16.5. The van der Waals surface area contributed by atoms with Crippen LogP contribution in [0.25, 0.3) is 22.2 Å². The second kappa shape index (κ2) is 6.16. The van der Waals surface area contributed by atoms with Gasteiger partial charge < -0.3 is 9.26 Å². The average Bonchev–Trinajstić information content (AvgIpc) is 3.11. The fourth-order valence-corrected chi connectivity index (χ4v) is 2.82. The number of fused-ring (bicyclic) bond motifs is 1. The van der Waals surface area contributed by atoms with Gasteiger partial charge in [0.25, 0.3) is 0 Å². The lowest BCUT2D eigenvalue weighted by molar-refractivity contribution is 0.386. The summed E-state index contributed by atoms with van der Waals surface area (Å²) < 4.78 is 10.7. The third kappa shape index (κ3) is 2.74. The van der Waals surface area contributed by atoms with Gasteiger partial charge in [0.05, 0.1) is 13.5 Å². The molecule has 4 rings (SSSR count). The molecule has 0 aliphatic carbocycles. The van der Waals surface area contributed by atoms with Crippen molar-refractivity contribution in [2.45, 2.75) is 6.42 Å². The van der Waals surface area contributed by atoms with Crippen LogP contribution in [0.3, 0.4) is 0 Å². The van der Waals surface area contributed by atoms with E-state index in [9.17, 15) is 0 Å². The van der Waals surface area contributed by atoms with Crippen molar-refractivity contribution < 1.29 is 9.26 Å². The topological polar surface area (TPSA) is 48.2 Å². The molecular weight excluding hydrogens is 300 g/mol. The van der Waals surface area contributed by atoms with Crippen LogP contribution in [0.4, 0.5) is 0 Å². The first-order valence-corrected chi connectivity index (χ1v) is 7.77. The molecule has 0 saturated carbocycles. The van der Waals surface area contributed by atoms with Crippen LogP contribution in [0, 0.1) is 0 Å². The second-order valence-corrected chi connectivity index (χ2v) is 5.56. The van der Waals surface area contributed by atoms with Crippen molar-refractivity contribution in [2.24, 2.45) is 0 Å². The molecule has 0 fully saturated rings. The number of benzene rings is 3. The predicted molar refractivity (Wildman–Crippen MR) is 93.0 cm³/mol. The van der Waals surface area contributed by atoms with E-state index in [2.05, 4.69) is 40.5 Å². The van der Waals surface area contributed by atoms with E-state index in [0.717, 1.165) is 11.3 Å². The average molecular weight is 316 g/mol. The normalized spacial score (nSPS) is 10.9. The third-order valence-electron chi connectivity index (χ3n) is 4.02. The molecule has 4 heteroatoms. The third-order valence-corrected chi connectivity index (χ3v) is 4.02. The molecule has 118 valence electrons. The molecule has 0 spiro atoms. The van der Waals surface area contributed by atoms with E-state index >= 15 is 0 Å². The van der Waals surface area contributed by atoms with Crippen LogP contribution in [0.5, 0.6) is 5.75 Å². The summed E-state index contributed by atoms with van der Waals surface area (Å²) in [5, 5.41) is 6.52. The Kier molecular flexibility index (Phi) is 3.71. The van der Waals surface area contributed by atoms with Crippen molar-refractivity contribution in [1.29, 1.82) is 0 Å². The van der Waals surface area contributed by atoms with Crippen LogP contribution >= 0.6 is 0 Å². The number of rotatable bonds is 4. The van der Waals surface area contributed by atoms with E-state index in [4.69, 9.17) is 9.26 Å². The van der Waals surface area contributed by atoms with Gasteiger partial charge in [-0.05, 0) is 28.5 Å². The molecule has 0 radical (unpaired) electrons. The lowest BCUT2D eigenvalue weighted by atomic mass is 10.0. The summed E-state index contributed by atoms with van der Waals surface area (Å²) >= 11 is 0. The molecular formula is C20H16N2O2. The fraction of sp³-hybridized carbons (Fsp3) is 0.100. The van der Waals surface area contributed by atoms with Crippen molar-refractivity contribution in [1.82, 2.24) is 10.1 Å². The molecule has 0 saturated heterocycles. The van der Waals surface area contributed by atoms with Gasteiger partial charge in [0.15, 0.2) is 0 Å². The SMILES string of the molecule is COc1cccc(-c2noc(Cc3cccc4ccccc34)n2)c1. The zero-order valence-electron chi connectivity index (χ0n) is 13.3. The standard InChI is InChI=1S/C20H16N2O2/c1-23-17-10-5-9-16(12-17)20-21-19(24-22-20)13-15-8-4-7-14-6-2-3-11-18(14)15/h2-12H,13H2,1H3. The maximum atomic E-state index is 5.44. The fourth-order valence-electron chi connectivity index (χ4n) is 2.82. The van der Waals surface area contributed by atoms with Gasteiger partial charge in [-0.2, -0.15) is 4.98 Å². The summed E-state index contributed by atoms with van der Waals surface area (Å²) in [5.41, 5.74) is 2.05. The van der Waals surface area contributed by atoms with Gasteiger partial charge in [0.2, 0.25) is 11.7 Å². The predicted octanol–water partition coefficient (Wildman–Crippen LogP) is 4.49. The highest BCUT2D eigenvalue weighted by Gasteiger charge is 2.11. The van der Waals surface area contributed by atoms with Gasteiger partial charge in [0.1, 0.15) is 5.75 Å². The number of methoxy groups -OCH3 is 1. The van der Waals surface area contributed by atoms with Crippen LogP contribution in [-0.4, -0.2) is 17.3 Å². The van der Waals surface area contributed by atoms with E-state index in [0.29, 0.717) is 18.1 Å². The Balaban J connectivity index is 1.65. The van der Waals surface area contributed by atoms with Crippen molar-refractivity contribution in [3.05, 3.63) is 78.2 Å². The van der Waals surface area contributed by atoms with Crippen LogP contribution < -0.4 is 4.74 Å². The molecule has 0 aliphatic heterocycles. The van der Waals surface area contributed by atoms with Gasteiger partial charge in [-0.1, -0.05) is 59.8 Å². The molecule has 0 aliphatic rings. The summed E-state index contributed by atoms with van der Waals surface area (Å²) in [4.78, 5) is 4.52. The largest absolute Gasteiger partial charge is 0.497 e. The highest BCUT2D eigenvalue weighted by Crippen LogP contribution is 2.24. The van der Waals surface area contributed by atoms with Crippen LogP contribution in [-0.2, 0) is 6.42 Å². The number of aromatic nitrogens is 2. The molecule has 0 amide bonds. The van der Waals surface area contributed by atoms with E-state index in [1.54, 1.807) is 7.11 Å². The van der Waals surface area contributed by atoms with Gasteiger partial charge in [-0.15, -0.1) is 0 Å². The van der Waals surface area contributed by atoms with E-state index in [-0.39, 0.29) is 0 Å². The Morgan fingerprint density at radius 2 is 1.79 bits per heavy atom. The summed E-state index contributed by atoms with van der Waals surface area (Å²) in [6.07, 6.45) is 0.609. The molecule has 24 heavy (non-hydrogen) atoms. The Labute approximate surface area is 139 Å². The summed E-state index contributed by atoms with van der Waals surface area (Å²) in [7, 11) is 1.64. The molecule has 0 N–H and O–H groups in total. The molecule has 1 aromatic heterocycles. The minimum Gasteiger partial charge on any atom is -0.497 e. The van der Waals surface area contributed by atoms with Gasteiger partial charge in [0, 0.05) is 5.56 Å². The Morgan fingerprint density at radius 1 is 0.958 bits per heavy atom. The van der Waals surface area contributed by atoms with Crippen molar-refractivity contribution in [3.8, 4) is 17.1 Å². The monoisotopic (exact) mass is 316 g/mol. The highest BCUT2D eigenvalue weighted by molar-refractivity contribution is 5.85. The van der Waals surface area contributed by atoms with Crippen molar-refractivity contribution in [3.63, 3.8) is 0 Å². The molecule has 3 aromatic carbocycles. The second-order valence-electron chi connectivity index (χ2n) is 5.56. The maximum absolute atomic E-state index is 5.44. The van der Waals surface area contributed by atoms with Crippen LogP contribution in [0.2, 0.25) is 0 Å². The van der Waals surface area contributed by atoms with Gasteiger partial charge in [-0.25, -0.2) is 0 Å². The van der Waals surface area contributed by atoms with Crippen LogP contribution in [0.1, 0.15) is 11.5 Å². The number of ether oxygens (including phenoxy) is 1. The minimum absolute atomic E-state index is 0.573. The minimum atomic E-state index is 0.573. The molecule has 4 aromatic rings. The van der Waals surface area contributed by atoms with Gasteiger partial charge >= 0.3 is 0 Å². The summed E-state index contributed by atoms with van der Waals surface area (Å²) in [6, 6.07) is 22.2. The first-order valence-electron chi connectivity index (χ1n) is 7.77. The van der Waals surface area contributed by atoms with E-state index in [1.807, 2.05) is 36.4 Å². The zero-order valence-corrected chi connectivity index (χ0v) is 13.3.